The lowest BCUT2D eigenvalue weighted by atomic mass is 10.0. The molecule has 0 spiro atoms. The van der Waals surface area contributed by atoms with Crippen molar-refractivity contribution in [2.24, 2.45) is 5.73 Å². The Balaban J connectivity index is 0.00000361. The van der Waals surface area contributed by atoms with Gasteiger partial charge in [0.05, 0.1) is 11.6 Å². The normalized spacial score (nSPS) is 12.6. The predicted molar refractivity (Wildman–Crippen MR) is 72.2 cm³/mol. The summed E-state index contributed by atoms with van der Waals surface area (Å²) >= 11 is 11.1. The highest BCUT2D eigenvalue weighted by molar-refractivity contribution is 6.33. The summed E-state index contributed by atoms with van der Waals surface area (Å²) in [6.45, 7) is 1.10. The first-order chi connectivity index (χ1) is 8.73. The zero-order valence-corrected chi connectivity index (χ0v) is 12.5. The quantitative estimate of drug-likeness (QED) is 0.663. The molecule has 0 amide bonds. The van der Waals surface area contributed by atoms with E-state index in [0.717, 1.165) is 12.1 Å². The Morgan fingerprint density at radius 3 is 2.40 bits per heavy atom. The van der Waals surface area contributed by atoms with Crippen molar-refractivity contribution in [3.8, 4) is 0 Å². The van der Waals surface area contributed by atoms with Crippen molar-refractivity contribution in [3.05, 3.63) is 33.6 Å². The van der Waals surface area contributed by atoms with Crippen molar-refractivity contribution in [1.29, 1.82) is 0 Å². The third kappa shape index (κ3) is 3.69. The average Bonchev–Trinajstić information content (AvgIpc) is 2.34. The van der Waals surface area contributed by atoms with Crippen LogP contribution in [0.3, 0.4) is 0 Å². The van der Waals surface area contributed by atoms with E-state index in [2.05, 4.69) is 4.74 Å². The van der Waals surface area contributed by atoms with Crippen LogP contribution in [-0.4, -0.2) is 18.5 Å². The van der Waals surface area contributed by atoms with Crippen LogP contribution in [0.5, 0.6) is 0 Å². The molecule has 20 heavy (non-hydrogen) atoms. The topological polar surface area (TPSA) is 52.3 Å². The average molecular weight is 353 g/mol. The van der Waals surface area contributed by atoms with Gasteiger partial charge in [-0.05, 0) is 19.1 Å². The van der Waals surface area contributed by atoms with Gasteiger partial charge in [0.15, 0.2) is 0 Å². The van der Waals surface area contributed by atoms with Gasteiger partial charge in [0.2, 0.25) is 0 Å². The third-order valence-corrected chi connectivity index (χ3v) is 2.95. The van der Waals surface area contributed by atoms with Crippen LogP contribution in [0.2, 0.25) is 10.0 Å². The number of halogens is 6. The van der Waals surface area contributed by atoms with E-state index in [9.17, 15) is 18.0 Å². The summed E-state index contributed by atoms with van der Waals surface area (Å²) in [5.74, 6) is -7.16. The molecule has 0 fully saturated rings. The standard InChI is InChI=1S/C11H10Cl2F3NO2.ClH/c1-2-19-10(18)11(15,16)9(17)7-5(12)3-4-6(13)8(7)14;/h3-4,9H,2,17H2,1H3;1H/t9-;/m1./s1. The lowest BCUT2D eigenvalue weighted by molar-refractivity contribution is -0.174. The molecule has 114 valence electrons. The predicted octanol–water partition coefficient (Wildman–Crippen LogP) is 3.75. The number of carbonyl (C=O) groups excluding carboxylic acids is 1. The van der Waals surface area contributed by atoms with Crippen LogP contribution in [0.25, 0.3) is 0 Å². The Labute approximate surface area is 129 Å². The lowest BCUT2D eigenvalue weighted by Crippen LogP contribution is -2.42. The van der Waals surface area contributed by atoms with Crippen LogP contribution in [0.15, 0.2) is 12.1 Å². The maximum atomic E-state index is 13.7. The maximum absolute atomic E-state index is 13.7. The fraction of sp³-hybridized carbons (Fsp3) is 0.364. The molecule has 2 N–H and O–H groups in total. The Kier molecular flexibility index (Phi) is 7.10. The van der Waals surface area contributed by atoms with E-state index in [1.54, 1.807) is 0 Å². The van der Waals surface area contributed by atoms with Gasteiger partial charge in [-0.3, -0.25) is 0 Å². The summed E-state index contributed by atoms with van der Waals surface area (Å²) in [4.78, 5) is 11.1. The second kappa shape index (κ2) is 7.36. The minimum Gasteiger partial charge on any atom is -0.462 e. The van der Waals surface area contributed by atoms with Gasteiger partial charge in [-0.1, -0.05) is 23.2 Å². The third-order valence-electron chi connectivity index (χ3n) is 2.33. The van der Waals surface area contributed by atoms with Gasteiger partial charge in [-0.15, -0.1) is 12.4 Å². The van der Waals surface area contributed by atoms with E-state index < -0.39 is 34.3 Å². The first-order valence-corrected chi connectivity index (χ1v) is 5.93. The van der Waals surface area contributed by atoms with Crippen molar-refractivity contribution >= 4 is 41.6 Å². The van der Waals surface area contributed by atoms with Gasteiger partial charge in [0, 0.05) is 10.6 Å². The molecule has 0 saturated carbocycles. The number of esters is 1. The number of nitrogens with two attached hydrogens (primary N) is 1. The number of hydrogen-bond acceptors (Lipinski definition) is 3. The SMILES string of the molecule is CCOC(=O)C(F)(F)[C@H](N)c1c(Cl)ccc(Cl)c1F.Cl. The van der Waals surface area contributed by atoms with Crippen LogP contribution in [0.1, 0.15) is 18.5 Å². The van der Waals surface area contributed by atoms with E-state index in [1.807, 2.05) is 0 Å². The molecule has 0 heterocycles. The first-order valence-electron chi connectivity index (χ1n) is 5.17. The summed E-state index contributed by atoms with van der Waals surface area (Å²) < 4.78 is 45.3. The molecule has 0 aliphatic rings. The summed E-state index contributed by atoms with van der Waals surface area (Å²) in [5.41, 5.74) is 4.51. The minimum absolute atomic E-state index is 0. The number of alkyl halides is 2. The zero-order valence-electron chi connectivity index (χ0n) is 10.1. The van der Waals surface area contributed by atoms with E-state index in [0.29, 0.717) is 0 Å². The van der Waals surface area contributed by atoms with Crippen LogP contribution in [0.4, 0.5) is 13.2 Å². The molecule has 0 saturated heterocycles. The van der Waals surface area contributed by atoms with Crippen molar-refractivity contribution < 1.29 is 22.7 Å². The van der Waals surface area contributed by atoms with E-state index in [-0.39, 0.29) is 24.0 Å². The molecular formula is C11H11Cl3F3NO2. The molecule has 0 unspecified atom stereocenters. The number of benzene rings is 1. The molecule has 0 bridgehead atoms. The monoisotopic (exact) mass is 351 g/mol. The molecule has 0 radical (unpaired) electrons. The minimum atomic E-state index is -4.12. The smallest absolute Gasteiger partial charge is 0.379 e. The van der Waals surface area contributed by atoms with Gasteiger partial charge in [0.25, 0.3) is 0 Å². The second-order valence-corrected chi connectivity index (χ2v) is 4.39. The van der Waals surface area contributed by atoms with Crippen molar-refractivity contribution in [1.82, 2.24) is 0 Å². The van der Waals surface area contributed by atoms with E-state index in [4.69, 9.17) is 28.9 Å². The van der Waals surface area contributed by atoms with Gasteiger partial charge in [0.1, 0.15) is 11.9 Å². The Bertz CT molecular complexity index is 500. The highest BCUT2D eigenvalue weighted by atomic mass is 35.5. The van der Waals surface area contributed by atoms with Crippen molar-refractivity contribution in [2.75, 3.05) is 6.61 Å². The van der Waals surface area contributed by atoms with Crippen LogP contribution >= 0.6 is 35.6 Å². The Morgan fingerprint density at radius 2 is 1.90 bits per heavy atom. The molecule has 9 heteroatoms. The van der Waals surface area contributed by atoms with Crippen molar-refractivity contribution in [3.63, 3.8) is 0 Å². The number of carbonyl (C=O) groups is 1. The number of rotatable bonds is 4. The Morgan fingerprint density at radius 1 is 1.40 bits per heavy atom. The van der Waals surface area contributed by atoms with E-state index >= 15 is 0 Å². The molecule has 1 aromatic carbocycles. The van der Waals surface area contributed by atoms with Crippen molar-refractivity contribution in [2.45, 2.75) is 18.9 Å². The van der Waals surface area contributed by atoms with E-state index in [1.165, 1.54) is 6.92 Å². The van der Waals surface area contributed by atoms with Gasteiger partial charge < -0.3 is 10.5 Å². The van der Waals surface area contributed by atoms with Crippen LogP contribution in [0, 0.1) is 5.82 Å². The summed E-state index contributed by atoms with van der Waals surface area (Å²) in [5, 5.41) is -0.770. The summed E-state index contributed by atoms with van der Waals surface area (Å²) in [7, 11) is 0. The largest absolute Gasteiger partial charge is 0.462 e. The molecular weight excluding hydrogens is 341 g/mol. The molecule has 0 aromatic heterocycles. The molecule has 0 aliphatic heterocycles. The molecule has 0 aliphatic carbocycles. The van der Waals surface area contributed by atoms with Gasteiger partial charge >= 0.3 is 11.9 Å². The number of ether oxygens (including phenoxy) is 1. The second-order valence-electron chi connectivity index (χ2n) is 3.58. The zero-order chi connectivity index (χ0) is 14.8. The molecule has 1 aromatic rings. The van der Waals surface area contributed by atoms with Crippen LogP contribution < -0.4 is 5.73 Å². The maximum Gasteiger partial charge on any atom is 0.379 e. The Hall–Kier alpha value is -0.690. The fourth-order valence-electron chi connectivity index (χ4n) is 1.36. The summed E-state index contributed by atoms with van der Waals surface area (Å²) in [6, 6.07) is -0.0841. The highest BCUT2D eigenvalue weighted by Crippen LogP contribution is 2.37. The fourth-order valence-corrected chi connectivity index (χ4v) is 1.79. The van der Waals surface area contributed by atoms with Gasteiger partial charge in [-0.25, -0.2) is 9.18 Å². The molecule has 1 rings (SSSR count). The van der Waals surface area contributed by atoms with Crippen LogP contribution in [-0.2, 0) is 9.53 Å². The first kappa shape index (κ1) is 19.3. The summed E-state index contributed by atoms with van der Waals surface area (Å²) in [6.07, 6.45) is 0. The lowest BCUT2D eigenvalue weighted by Gasteiger charge is -2.23. The highest BCUT2D eigenvalue weighted by Gasteiger charge is 2.49. The number of hydrogen-bond donors (Lipinski definition) is 1. The van der Waals surface area contributed by atoms with Gasteiger partial charge in [-0.2, -0.15) is 8.78 Å². The molecule has 1 atom stereocenters. The molecule has 3 nitrogen and oxygen atoms in total.